The number of nitrogens with two attached hydrogens (primary N) is 1. The molecule has 0 aliphatic carbocycles. The van der Waals surface area contributed by atoms with E-state index in [1.807, 2.05) is 30.3 Å². The van der Waals surface area contributed by atoms with Gasteiger partial charge in [-0.3, -0.25) is 14.4 Å². The van der Waals surface area contributed by atoms with Gasteiger partial charge in [0.2, 0.25) is 11.8 Å². The summed E-state index contributed by atoms with van der Waals surface area (Å²) in [6.07, 6.45) is 2.19. The maximum Gasteiger partial charge on any atom is 0.255 e. The smallest absolute Gasteiger partial charge is 0.255 e. The summed E-state index contributed by atoms with van der Waals surface area (Å²) in [5, 5.41) is 2.93. The van der Waals surface area contributed by atoms with Gasteiger partial charge < -0.3 is 25.4 Å². The Bertz CT molecular complexity index is 932. The minimum atomic E-state index is -0.672. The highest BCUT2D eigenvalue weighted by molar-refractivity contribution is 5.89. The molecule has 3 N–H and O–H groups in total. The molecule has 0 bridgehead atoms. The second kappa shape index (κ2) is 10.5. The fourth-order valence-corrected chi connectivity index (χ4v) is 3.58. The van der Waals surface area contributed by atoms with E-state index in [-0.39, 0.29) is 25.0 Å². The van der Waals surface area contributed by atoms with E-state index in [9.17, 15) is 14.4 Å². The molecule has 2 aromatic carbocycles. The monoisotopic (exact) mass is 425 g/mol. The van der Waals surface area contributed by atoms with Crippen molar-refractivity contribution in [1.29, 1.82) is 0 Å². The molecular formula is C23H27N3O5. The quantitative estimate of drug-likeness (QED) is 0.638. The number of carbonyl (C=O) groups excluding carboxylic acids is 3. The molecule has 2 aromatic rings. The zero-order valence-corrected chi connectivity index (χ0v) is 17.5. The minimum absolute atomic E-state index is 0.00660. The molecule has 0 saturated carbocycles. The van der Waals surface area contributed by atoms with Gasteiger partial charge >= 0.3 is 0 Å². The van der Waals surface area contributed by atoms with Crippen LogP contribution in [0.4, 0.5) is 0 Å². The van der Waals surface area contributed by atoms with E-state index in [0.29, 0.717) is 24.5 Å². The van der Waals surface area contributed by atoms with Crippen molar-refractivity contribution in [2.24, 2.45) is 5.73 Å². The lowest BCUT2D eigenvalue weighted by atomic mass is 10.0. The number of carbonyl (C=O) groups is 3. The SMILES string of the molecule is COc1cc(CNC(=O)C(c2ccccc2)N2CCCCC2=O)ccc1OCC(N)=O. The second-order valence-electron chi connectivity index (χ2n) is 7.32. The predicted molar refractivity (Wildman–Crippen MR) is 114 cm³/mol. The first-order valence-electron chi connectivity index (χ1n) is 10.2. The molecule has 3 rings (SSSR count). The lowest BCUT2D eigenvalue weighted by Gasteiger charge is -2.34. The van der Waals surface area contributed by atoms with Crippen LogP contribution in [0.3, 0.4) is 0 Å². The first-order chi connectivity index (χ1) is 15.0. The molecule has 1 aliphatic heterocycles. The molecular weight excluding hydrogens is 398 g/mol. The van der Waals surface area contributed by atoms with Crippen LogP contribution < -0.4 is 20.5 Å². The van der Waals surface area contributed by atoms with Crippen molar-refractivity contribution >= 4 is 17.7 Å². The van der Waals surface area contributed by atoms with Crippen molar-refractivity contribution in [2.75, 3.05) is 20.3 Å². The summed E-state index contributed by atoms with van der Waals surface area (Å²) < 4.78 is 10.6. The summed E-state index contributed by atoms with van der Waals surface area (Å²) >= 11 is 0. The maximum absolute atomic E-state index is 13.1. The van der Waals surface area contributed by atoms with Gasteiger partial charge in [0.05, 0.1) is 7.11 Å². The molecule has 164 valence electrons. The minimum Gasteiger partial charge on any atom is -0.493 e. The van der Waals surface area contributed by atoms with Gasteiger partial charge in [0, 0.05) is 19.5 Å². The molecule has 1 saturated heterocycles. The van der Waals surface area contributed by atoms with Gasteiger partial charge in [0.25, 0.3) is 5.91 Å². The molecule has 1 aliphatic rings. The fraction of sp³-hybridized carbons (Fsp3) is 0.348. The van der Waals surface area contributed by atoms with E-state index in [2.05, 4.69) is 5.32 Å². The number of methoxy groups -OCH3 is 1. The van der Waals surface area contributed by atoms with E-state index < -0.39 is 11.9 Å². The second-order valence-corrected chi connectivity index (χ2v) is 7.32. The van der Waals surface area contributed by atoms with Gasteiger partial charge in [-0.15, -0.1) is 0 Å². The van der Waals surface area contributed by atoms with E-state index in [1.54, 1.807) is 23.1 Å². The highest BCUT2D eigenvalue weighted by Gasteiger charge is 2.32. The Hall–Kier alpha value is -3.55. The number of piperidine rings is 1. The lowest BCUT2D eigenvalue weighted by molar-refractivity contribution is -0.142. The molecule has 1 atom stereocenters. The number of likely N-dealkylation sites (tertiary alicyclic amines) is 1. The highest BCUT2D eigenvalue weighted by Crippen LogP contribution is 2.29. The highest BCUT2D eigenvalue weighted by atomic mass is 16.5. The third kappa shape index (κ3) is 5.75. The standard InChI is InChI=1S/C23H27N3O5/c1-30-19-13-16(10-11-18(19)31-15-20(24)27)14-25-23(29)22(17-7-3-2-4-8-17)26-12-6-5-9-21(26)28/h2-4,7-8,10-11,13,22H,5-6,9,12,14-15H2,1H3,(H2,24,27)(H,25,29). The Kier molecular flexibility index (Phi) is 7.48. The molecule has 0 radical (unpaired) electrons. The molecule has 1 fully saturated rings. The Morgan fingerprint density at radius 2 is 1.90 bits per heavy atom. The summed E-state index contributed by atoms with van der Waals surface area (Å²) in [6, 6.07) is 13.8. The van der Waals surface area contributed by atoms with Gasteiger partial charge in [-0.2, -0.15) is 0 Å². The third-order valence-electron chi connectivity index (χ3n) is 5.10. The summed E-state index contributed by atoms with van der Waals surface area (Å²) in [7, 11) is 1.49. The summed E-state index contributed by atoms with van der Waals surface area (Å²) in [5.74, 6) is -0.0174. The number of rotatable bonds is 9. The van der Waals surface area contributed by atoms with Crippen molar-refractivity contribution in [3.8, 4) is 11.5 Å². The van der Waals surface area contributed by atoms with Crippen LogP contribution in [0.5, 0.6) is 11.5 Å². The molecule has 1 heterocycles. The van der Waals surface area contributed by atoms with Crippen LogP contribution in [0.15, 0.2) is 48.5 Å². The van der Waals surface area contributed by atoms with Crippen LogP contribution in [-0.2, 0) is 20.9 Å². The number of benzene rings is 2. The van der Waals surface area contributed by atoms with Crippen molar-refractivity contribution in [2.45, 2.75) is 31.8 Å². The zero-order valence-electron chi connectivity index (χ0n) is 17.5. The zero-order chi connectivity index (χ0) is 22.2. The van der Waals surface area contributed by atoms with Crippen LogP contribution in [0.2, 0.25) is 0 Å². The van der Waals surface area contributed by atoms with Crippen molar-refractivity contribution < 1.29 is 23.9 Å². The Morgan fingerprint density at radius 1 is 1.13 bits per heavy atom. The Morgan fingerprint density at radius 3 is 2.58 bits per heavy atom. The van der Waals surface area contributed by atoms with Crippen LogP contribution in [0, 0.1) is 0 Å². The van der Waals surface area contributed by atoms with Gasteiger partial charge in [-0.1, -0.05) is 36.4 Å². The first kappa shape index (κ1) is 22.1. The number of nitrogens with zero attached hydrogens (tertiary/aromatic N) is 1. The van der Waals surface area contributed by atoms with E-state index >= 15 is 0 Å². The average molecular weight is 425 g/mol. The molecule has 1 unspecified atom stereocenters. The van der Waals surface area contributed by atoms with Crippen molar-refractivity contribution in [1.82, 2.24) is 10.2 Å². The first-order valence-corrected chi connectivity index (χ1v) is 10.2. The topological polar surface area (TPSA) is 111 Å². The molecule has 0 aromatic heterocycles. The van der Waals surface area contributed by atoms with E-state index in [1.165, 1.54) is 7.11 Å². The number of amides is 3. The fourth-order valence-electron chi connectivity index (χ4n) is 3.58. The third-order valence-corrected chi connectivity index (χ3v) is 5.10. The number of nitrogens with one attached hydrogen (secondary N) is 1. The van der Waals surface area contributed by atoms with Crippen LogP contribution in [-0.4, -0.2) is 42.9 Å². The molecule has 0 spiro atoms. The Labute approximate surface area is 181 Å². The summed E-state index contributed by atoms with van der Waals surface area (Å²) in [5.41, 5.74) is 6.68. The molecule has 3 amide bonds. The van der Waals surface area contributed by atoms with Crippen LogP contribution >= 0.6 is 0 Å². The molecule has 8 nitrogen and oxygen atoms in total. The maximum atomic E-state index is 13.1. The van der Waals surface area contributed by atoms with Crippen molar-refractivity contribution in [3.63, 3.8) is 0 Å². The molecule has 31 heavy (non-hydrogen) atoms. The van der Waals surface area contributed by atoms with Gasteiger partial charge in [0.1, 0.15) is 6.04 Å². The van der Waals surface area contributed by atoms with Crippen LogP contribution in [0.25, 0.3) is 0 Å². The number of ether oxygens (including phenoxy) is 2. The predicted octanol–water partition coefficient (Wildman–Crippen LogP) is 1.93. The average Bonchev–Trinajstić information content (AvgIpc) is 2.78. The van der Waals surface area contributed by atoms with Crippen LogP contribution in [0.1, 0.15) is 36.4 Å². The Balaban J connectivity index is 1.73. The van der Waals surface area contributed by atoms with Gasteiger partial charge in [0.15, 0.2) is 18.1 Å². The summed E-state index contributed by atoms with van der Waals surface area (Å²) in [6.45, 7) is 0.553. The van der Waals surface area contributed by atoms with E-state index in [0.717, 1.165) is 24.0 Å². The number of hydrogen-bond acceptors (Lipinski definition) is 5. The largest absolute Gasteiger partial charge is 0.493 e. The number of primary amides is 1. The molecule has 8 heteroatoms. The van der Waals surface area contributed by atoms with E-state index in [4.69, 9.17) is 15.2 Å². The number of hydrogen-bond donors (Lipinski definition) is 2. The summed E-state index contributed by atoms with van der Waals surface area (Å²) in [4.78, 5) is 38.2. The lowest BCUT2D eigenvalue weighted by Crippen LogP contribution is -2.45. The van der Waals surface area contributed by atoms with Crippen molar-refractivity contribution in [3.05, 3.63) is 59.7 Å². The normalized spacial score (nSPS) is 14.6. The van der Waals surface area contributed by atoms with Gasteiger partial charge in [-0.25, -0.2) is 0 Å². The van der Waals surface area contributed by atoms with Gasteiger partial charge in [-0.05, 0) is 36.1 Å².